The van der Waals surface area contributed by atoms with E-state index in [0.717, 1.165) is 30.4 Å². The number of carbonyl (C=O) groups excluding carboxylic acids is 1. The van der Waals surface area contributed by atoms with Crippen LogP contribution >= 0.6 is 0 Å². The maximum absolute atomic E-state index is 13.4. The quantitative estimate of drug-likeness (QED) is 0.564. The fourth-order valence-corrected chi connectivity index (χ4v) is 6.44. The number of ether oxygens (including phenoxy) is 1. The number of piperidine rings is 2. The fraction of sp³-hybridized carbons (Fsp3) is 0.379. The van der Waals surface area contributed by atoms with Gasteiger partial charge in [0.15, 0.2) is 0 Å². The first kappa shape index (κ1) is 21.4. The highest BCUT2D eigenvalue weighted by Crippen LogP contribution is 2.46. The molecule has 5 heteroatoms. The Morgan fingerprint density at radius 3 is 2.26 bits per heavy atom. The summed E-state index contributed by atoms with van der Waals surface area (Å²) in [6.07, 6.45) is 7.24. The predicted octanol–water partition coefficient (Wildman–Crippen LogP) is 5.54. The number of pyridine rings is 1. The second-order valence-corrected chi connectivity index (χ2v) is 10.1. The van der Waals surface area contributed by atoms with E-state index in [0.29, 0.717) is 19.4 Å². The average Bonchev–Trinajstić information content (AvgIpc) is 3.16. The lowest BCUT2D eigenvalue weighted by Gasteiger charge is -2.51. The summed E-state index contributed by atoms with van der Waals surface area (Å²) in [5.41, 5.74) is 5.84. The lowest BCUT2D eigenvalue weighted by atomic mass is 9.73. The van der Waals surface area contributed by atoms with Gasteiger partial charge in [-0.25, -0.2) is 4.79 Å². The molecule has 1 N–H and O–H groups in total. The van der Waals surface area contributed by atoms with Gasteiger partial charge in [-0.3, -0.25) is 4.98 Å². The molecule has 6 rings (SSSR count). The lowest BCUT2D eigenvalue weighted by molar-refractivity contribution is -0.0892. The minimum atomic E-state index is -0.950. The van der Waals surface area contributed by atoms with Crippen LogP contribution in [-0.2, 0) is 10.3 Å². The zero-order valence-corrected chi connectivity index (χ0v) is 19.5. The van der Waals surface area contributed by atoms with Crippen molar-refractivity contribution in [3.8, 4) is 11.1 Å². The zero-order chi connectivity index (χ0) is 23.3. The number of fused-ring (bicyclic) bond motifs is 5. The second-order valence-electron chi connectivity index (χ2n) is 10.1. The molecule has 0 spiro atoms. The number of hydrogen-bond donors (Lipinski definition) is 1. The van der Waals surface area contributed by atoms with Crippen molar-refractivity contribution in [1.29, 1.82) is 0 Å². The highest BCUT2D eigenvalue weighted by Gasteiger charge is 2.49. The van der Waals surface area contributed by atoms with Crippen molar-refractivity contribution in [3.63, 3.8) is 0 Å². The molecule has 3 aliphatic rings. The van der Waals surface area contributed by atoms with Gasteiger partial charge in [-0.05, 0) is 54.0 Å². The minimum Gasteiger partial charge on any atom is -0.448 e. The van der Waals surface area contributed by atoms with Gasteiger partial charge in [0.05, 0.1) is 5.60 Å². The van der Waals surface area contributed by atoms with Crippen molar-refractivity contribution in [1.82, 2.24) is 9.88 Å². The maximum Gasteiger partial charge on any atom is 0.410 e. The van der Waals surface area contributed by atoms with Gasteiger partial charge in [0.2, 0.25) is 0 Å². The fourth-order valence-electron chi connectivity index (χ4n) is 6.44. The van der Waals surface area contributed by atoms with Gasteiger partial charge in [-0.2, -0.15) is 0 Å². The summed E-state index contributed by atoms with van der Waals surface area (Å²) in [6, 6.07) is 18.8. The first-order valence-corrected chi connectivity index (χ1v) is 12.3. The van der Waals surface area contributed by atoms with Crippen LogP contribution in [0.25, 0.3) is 11.1 Å². The zero-order valence-electron chi connectivity index (χ0n) is 19.5. The molecule has 2 atom stereocenters. The normalized spacial score (nSPS) is 25.5. The number of benzene rings is 2. The van der Waals surface area contributed by atoms with E-state index >= 15 is 0 Å². The van der Waals surface area contributed by atoms with Gasteiger partial charge >= 0.3 is 6.09 Å². The van der Waals surface area contributed by atoms with Crippen molar-refractivity contribution in [2.75, 3.05) is 6.61 Å². The molecule has 2 unspecified atom stereocenters. The van der Waals surface area contributed by atoms with Crippen molar-refractivity contribution < 1.29 is 14.6 Å². The Morgan fingerprint density at radius 1 is 1.03 bits per heavy atom. The maximum atomic E-state index is 13.4. The van der Waals surface area contributed by atoms with Crippen LogP contribution in [0.1, 0.15) is 60.3 Å². The number of aryl methyl sites for hydroxylation is 1. The minimum absolute atomic E-state index is 0.0198. The molecule has 1 amide bonds. The van der Waals surface area contributed by atoms with E-state index in [-0.39, 0.29) is 24.1 Å². The number of nitrogens with zero attached hydrogens (tertiary/aromatic N) is 2. The van der Waals surface area contributed by atoms with Crippen LogP contribution in [0, 0.1) is 6.92 Å². The monoisotopic (exact) mass is 454 g/mol. The van der Waals surface area contributed by atoms with Gasteiger partial charge in [-0.1, -0.05) is 54.6 Å². The molecular formula is C29H30N2O3. The Balaban J connectivity index is 1.21. The molecule has 1 aromatic heterocycles. The number of rotatable bonds is 3. The Hall–Kier alpha value is -3.18. The van der Waals surface area contributed by atoms with E-state index in [1.807, 2.05) is 17.9 Å². The third kappa shape index (κ3) is 3.50. The molecule has 34 heavy (non-hydrogen) atoms. The molecule has 0 saturated carbocycles. The molecule has 5 nitrogen and oxygen atoms in total. The van der Waals surface area contributed by atoms with E-state index in [1.165, 1.54) is 22.3 Å². The van der Waals surface area contributed by atoms with E-state index in [2.05, 4.69) is 53.5 Å². The Labute approximate surface area is 200 Å². The molecular weight excluding hydrogens is 424 g/mol. The summed E-state index contributed by atoms with van der Waals surface area (Å²) >= 11 is 0. The van der Waals surface area contributed by atoms with Crippen LogP contribution in [0.5, 0.6) is 0 Å². The Bertz CT molecular complexity index is 1180. The largest absolute Gasteiger partial charge is 0.448 e. The number of aromatic nitrogens is 1. The Kier molecular flexibility index (Phi) is 5.18. The van der Waals surface area contributed by atoms with Gasteiger partial charge in [0, 0.05) is 48.8 Å². The second kappa shape index (κ2) is 8.24. The topological polar surface area (TPSA) is 62.7 Å². The third-order valence-corrected chi connectivity index (χ3v) is 7.97. The summed E-state index contributed by atoms with van der Waals surface area (Å²) in [4.78, 5) is 19.6. The van der Waals surface area contributed by atoms with E-state index < -0.39 is 5.60 Å². The van der Waals surface area contributed by atoms with Crippen molar-refractivity contribution >= 4 is 6.09 Å². The van der Waals surface area contributed by atoms with Gasteiger partial charge in [-0.15, -0.1) is 0 Å². The average molecular weight is 455 g/mol. The van der Waals surface area contributed by atoms with Crippen LogP contribution < -0.4 is 0 Å². The molecule has 3 aromatic rings. The lowest BCUT2D eigenvalue weighted by Crippen LogP contribution is -2.59. The van der Waals surface area contributed by atoms with Gasteiger partial charge in [0.1, 0.15) is 6.61 Å². The van der Waals surface area contributed by atoms with Crippen molar-refractivity contribution in [2.45, 2.75) is 62.6 Å². The summed E-state index contributed by atoms with van der Waals surface area (Å²) < 4.78 is 6.00. The van der Waals surface area contributed by atoms with Gasteiger partial charge < -0.3 is 14.7 Å². The van der Waals surface area contributed by atoms with Crippen molar-refractivity contribution in [3.05, 3.63) is 89.2 Å². The SMILES string of the molecule is Cc1cncc(C2(O)CC3CCCC(C2)N3C(=O)OCC2c3ccccc3-c3ccccc32)c1. The number of hydrogen-bond acceptors (Lipinski definition) is 4. The van der Waals surface area contributed by atoms with Crippen LogP contribution in [-0.4, -0.2) is 39.8 Å². The van der Waals surface area contributed by atoms with E-state index in [4.69, 9.17) is 4.74 Å². The van der Waals surface area contributed by atoms with Crippen LogP contribution in [0.4, 0.5) is 4.79 Å². The molecule has 0 radical (unpaired) electrons. The highest BCUT2D eigenvalue weighted by atomic mass is 16.6. The molecule has 2 bridgehead atoms. The van der Waals surface area contributed by atoms with Crippen LogP contribution in [0.3, 0.4) is 0 Å². The summed E-state index contributed by atoms with van der Waals surface area (Å²) in [7, 11) is 0. The number of carbonyl (C=O) groups is 1. The highest BCUT2D eigenvalue weighted by molar-refractivity contribution is 5.79. The molecule has 2 aliphatic heterocycles. The third-order valence-electron chi connectivity index (χ3n) is 7.97. The molecule has 174 valence electrons. The smallest absolute Gasteiger partial charge is 0.410 e. The van der Waals surface area contributed by atoms with Crippen LogP contribution in [0.2, 0.25) is 0 Å². The summed E-state index contributed by atoms with van der Waals surface area (Å²) in [5, 5.41) is 11.6. The molecule has 2 saturated heterocycles. The standard InChI is InChI=1S/C29H30N2O3/c1-19-13-20(17-30-16-19)29(33)14-21-7-6-8-22(15-29)31(21)28(32)34-18-27-25-11-4-2-9-23(25)24-10-3-5-12-26(24)27/h2-5,9-13,16-17,21-22,27,33H,6-8,14-15,18H2,1H3. The van der Waals surface area contributed by atoms with Gasteiger partial charge in [0.25, 0.3) is 0 Å². The van der Waals surface area contributed by atoms with Crippen molar-refractivity contribution in [2.24, 2.45) is 0 Å². The van der Waals surface area contributed by atoms with Crippen LogP contribution in [0.15, 0.2) is 67.0 Å². The Morgan fingerprint density at radius 2 is 1.65 bits per heavy atom. The van der Waals surface area contributed by atoms with E-state index in [1.54, 1.807) is 12.4 Å². The first-order chi connectivity index (χ1) is 16.5. The first-order valence-electron chi connectivity index (χ1n) is 12.3. The number of aliphatic hydroxyl groups is 1. The molecule has 1 aliphatic carbocycles. The summed E-state index contributed by atoms with van der Waals surface area (Å²) in [6.45, 7) is 2.32. The van der Waals surface area contributed by atoms with E-state index in [9.17, 15) is 9.90 Å². The summed E-state index contributed by atoms with van der Waals surface area (Å²) in [5.74, 6) is 0.0521. The number of amides is 1. The molecule has 2 aromatic carbocycles. The molecule has 3 heterocycles. The predicted molar refractivity (Wildman–Crippen MR) is 130 cm³/mol. The molecule has 2 fully saturated rings.